The lowest BCUT2D eigenvalue weighted by Gasteiger charge is -2.37. The number of anilines is 2. The predicted octanol–water partition coefficient (Wildman–Crippen LogP) is 3.00. The molecule has 0 radical (unpaired) electrons. The molecule has 0 aliphatic heterocycles. The van der Waals surface area contributed by atoms with Gasteiger partial charge in [-0.2, -0.15) is 4.98 Å². The lowest BCUT2D eigenvalue weighted by atomic mass is 9.68. The van der Waals surface area contributed by atoms with E-state index < -0.39 is 61.0 Å². The minimum Gasteiger partial charge on any atom is -0.481 e. The molecule has 2 aromatic heterocycles. The number of amides is 2. The van der Waals surface area contributed by atoms with E-state index in [1.807, 2.05) is 0 Å². The number of nitrogens with zero attached hydrogens (tertiary/aromatic N) is 3. The summed E-state index contributed by atoms with van der Waals surface area (Å²) in [6.45, 7) is 3.80. The van der Waals surface area contributed by atoms with Crippen LogP contribution in [0.3, 0.4) is 0 Å². The van der Waals surface area contributed by atoms with Crippen LogP contribution in [-0.2, 0) is 48.6 Å². The van der Waals surface area contributed by atoms with Gasteiger partial charge in [0, 0.05) is 17.7 Å². The molecule has 0 saturated heterocycles. The third-order valence-corrected chi connectivity index (χ3v) is 9.85. The number of carbonyl (C=O) groups excluding carboxylic acids is 3. The van der Waals surface area contributed by atoms with E-state index >= 15 is 0 Å². The number of hydrogen-bond donors (Lipinski definition) is 6. The van der Waals surface area contributed by atoms with Gasteiger partial charge in [0.25, 0.3) is 11.5 Å². The van der Waals surface area contributed by atoms with E-state index in [2.05, 4.69) is 35.9 Å². The number of phosphoric ester groups is 1. The summed E-state index contributed by atoms with van der Waals surface area (Å²) in [5.41, 5.74) is -1.22. The number of aromatic nitrogens is 4. The van der Waals surface area contributed by atoms with Crippen LogP contribution in [0.5, 0.6) is 0 Å². The first-order valence-electron chi connectivity index (χ1n) is 17.2. The van der Waals surface area contributed by atoms with Crippen molar-refractivity contribution in [3.63, 3.8) is 0 Å². The number of H-pyrrole nitrogens is 1. The second kappa shape index (κ2) is 19.2. The van der Waals surface area contributed by atoms with Crippen molar-refractivity contribution in [2.45, 2.75) is 71.4 Å². The molecule has 1 saturated carbocycles. The largest absolute Gasteiger partial charge is 0.481 e. The molecule has 0 unspecified atom stereocenters. The quantitative estimate of drug-likeness (QED) is 0.0370. The smallest absolute Gasteiger partial charge is 0.474 e. The molecular formula is C33H42N7O13P. The molecule has 1 aromatic carbocycles. The lowest BCUT2D eigenvalue weighted by Crippen LogP contribution is -2.49. The summed E-state index contributed by atoms with van der Waals surface area (Å²) in [7, 11) is -3.64. The first kappa shape index (κ1) is 41.5. The molecule has 3 aromatic rings. The summed E-state index contributed by atoms with van der Waals surface area (Å²) in [5, 5.41) is 25.9. The Balaban J connectivity index is 1.29. The van der Waals surface area contributed by atoms with Crippen LogP contribution < -0.4 is 21.5 Å². The monoisotopic (exact) mass is 775 g/mol. The Hall–Kier alpha value is -5.30. The maximum absolute atomic E-state index is 13.3. The molecule has 20 nitrogen and oxygen atoms in total. The van der Waals surface area contributed by atoms with Crippen molar-refractivity contribution in [2.24, 2.45) is 5.41 Å². The molecule has 0 bridgehead atoms. The van der Waals surface area contributed by atoms with Gasteiger partial charge in [-0.1, -0.05) is 6.42 Å². The van der Waals surface area contributed by atoms with Gasteiger partial charge >= 0.3 is 25.7 Å². The number of ether oxygens (including phenoxy) is 1. The van der Waals surface area contributed by atoms with Gasteiger partial charge < -0.3 is 25.6 Å². The van der Waals surface area contributed by atoms with Crippen molar-refractivity contribution in [3.8, 4) is 0 Å². The summed E-state index contributed by atoms with van der Waals surface area (Å²) in [4.78, 5) is 89.0. The highest BCUT2D eigenvalue weighted by molar-refractivity contribution is 7.48. The number of aromatic amines is 1. The highest BCUT2D eigenvalue weighted by Gasteiger charge is 2.52. The number of fused-ring (bicyclic) bond motifs is 1. The Bertz CT molecular complexity index is 1930. The third kappa shape index (κ3) is 11.1. The zero-order valence-corrected chi connectivity index (χ0v) is 30.5. The highest BCUT2D eigenvalue weighted by Crippen LogP contribution is 2.49. The molecule has 1 aliphatic rings. The van der Waals surface area contributed by atoms with Crippen LogP contribution in [0.2, 0.25) is 0 Å². The number of rotatable bonds is 22. The number of esters is 1. The van der Waals surface area contributed by atoms with Gasteiger partial charge in [0.1, 0.15) is 11.5 Å². The SMILES string of the molecule is CCOP(=O)(OCC)OCCCCOC(=O)C1(C(=O)Nc2nc3ncc(CNc4ccc(C(=O)N[C@@H](CCC(=O)O)C(=O)O)cc4)nc3c(=O)[nH]2)CCC1. The maximum atomic E-state index is 13.3. The van der Waals surface area contributed by atoms with Crippen LogP contribution in [-0.4, -0.2) is 92.3 Å². The van der Waals surface area contributed by atoms with Crippen molar-refractivity contribution in [1.82, 2.24) is 25.3 Å². The van der Waals surface area contributed by atoms with Crippen LogP contribution in [0, 0.1) is 5.41 Å². The van der Waals surface area contributed by atoms with Crippen molar-refractivity contribution >= 4 is 60.3 Å². The summed E-state index contributed by atoms with van der Waals surface area (Å²) in [5.74, 6) is -4.83. The number of unbranched alkanes of at least 4 members (excludes halogenated alkanes) is 1. The average molecular weight is 776 g/mol. The van der Waals surface area contributed by atoms with Crippen molar-refractivity contribution in [2.75, 3.05) is 37.1 Å². The van der Waals surface area contributed by atoms with Crippen LogP contribution in [0.25, 0.3) is 11.2 Å². The van der Waals surface area contributed by atoms with E-state index in [9.17, 15) is 38.4 Å². The molecule has 1 aliphatic carbocycles. The Morgan fingerprint density at radius 3 is 2.28 bits per heavy atom. The van der Waals surface area contributed by atoms with Gasteiger partial charge in [-0.3, -0.25) is 47.8 Å². The van der Waals surface area contributed by atoms with Crippen molar-refractivity contribution < 1.29 is 57.1 Å². The molecule has 21 heteroatoms. The molecular weight excluding hydrogens is 733 g/mol. The number of benzene rings is 1. The topological polar surface area (TPSA) is 287 Å². The van der Waals surface area contributed by atoms with Gasteiger partial charge in [0.05, 0.1) is 44.9 Å². The normalized spacial score (nSPS) is 14.0. The summed E-state index contributed by atoms with van der Waals surface area (Å²) in [6.07, 6.45) is 2.56. The molecule has 1 fully saturated rings. The fourth-order valence-electron chi connectivity index (χ4n) is 5.19. The number of phosphoric acid groups is 1. The van der Waals surface area contributed by atoms with Crippen LogP contribution in [0.1, 0.15) is 74.8 Å². The minimum atomic E-state index is -3.64. The second-order valence-electron chi connectivity index (χ2n) is 12.0. The molecule has 4 rings (SSSR count). The number of carboxylic acid groups (broad SMARTS) is 2. The van der Waals surface area contributed by atoms with E-state index in [0.717, 1.165) is 0 Å². The number of nitrogens with one attached hydrogen (secondary N) is 4. The van der Waals surface area contributed by atoms with Gasteiger partial charge in [-0.25, -0.2) is 19.3 Å². The van der Waals surface area contributed by atoms with Gasteiger partial charge in [0.2, 0.25) is 11.9 Å². The van der Waals surface area contributed by atoms with E-state index in [1.54, 1.807) is 26.0 Å². The van der Waals surface area contributed by atoms with E-state index in [-0.39, 0.29) is 74.9 Å². The first-order chi connectivity index (χ1) is 25.8. The first-order valence-corrected chi connectivity index (χ1v) is 18.6. The number of carbonyl (C=O) groups is 5. The predicted molar refractivity (Wildman–Crippen MR) is 189 cm³/mol. The zero-order chi connectivity index (χ0) is 39.3. The Kier molecular flexibility index (Phi) is 14.7. The Morgan fingerprint density at radius 1 is 0.981 bits per heavy atom. The van der Waals surface area contributed by atoms with E-state index in [1.165, 1.54) is 18.3 Å². The molecule has 292 valence electrons. The van der Waals surface area contributed by atoms with Crippen LogP contribution in [0.15, 0.2) is 35.3 Å². The van der Waals surface area contributed by atoms with Gasteiger partial charge in [-0.05, 0) is 70.2 Å². The number of carboxylic acids is 2. The van der Waals surface area contributed by atoms with Crippen LogP contribution in [0.4, 0.5) is 11.6 Å². The fourth-order valence-corrected chi connectivity index (χ4v) is 6.40. The molecule has 2 amide bonds. The lowest BCUT2D eigenvalue weighted by molar-refractivity contribution is -0.166. The van der Waals surface area contributed by atoms with Gasteiger partial charge in [0.15, 0.2) is 11.2 Å². The number of aliphatic carboxylic acids is 2. The molecule has 6 N–H and O–H groups in total. The zero-order valence-electron chi connectivity index (χ0n) is 29.6. The summed E-state index contributed by atoms with van der Waals surface area (Å²) < 4.78 is 33.1. The molecule has 54 heavy (non-hydrogen) atoms. The Labute approximate surface area is 308 Å². The maximum Gasteiger partial charge on any atom is 0.474 e. The third-order valence-electron chi connectivity index (χ3n) is 8.20. The summed E-state index contributed by atoms with van der Waals surface area (Å²) >= 11 is 0. The molecule has 1 atom stereocenters. The minimum absolute atomic E-state index is 0.00233. The van der Waals surface area contributed by atoms with E-state index in [4.69, 9.17) is 23.4 Å². The summed E-state index contributed by atoms with van der Waals surface area (Å²) in [6, 6.07) is 4.66. The highest BCUT2D eigenvalue weighted by atomic mass is 31.2. The van der Waals surface area contributed by atoms with Crippen molar-refractivity contribution in [1.29, 1.82) is 0 Å². The number of hydrogen-bond acceptors (Lipinski definition) is 15. The Morgan fingerprint density at radius 2 is 1.67 bits per heavy atom. The van der Waals surface area contributed by atoms with Gasteiger partial charge in [-0.15, -0.1) is 0 Å². The van der Waals surface area contributed by atoms with Crippen LogP contribution >= 0.6 is 7.82 Å². The molecule has 2 heterocycles. The van der Waals surface area contributed by atoms with Crippen molar-refractivity contribution in [3.05, 3.63) is 52.1 Å². The second-order valence-corrected chi connectivity index (χ2v) is 13.7. The standard InChI is InChI=1S/C33H42N7O13P/c1-3-51-54(49,52-4-2)53-17-6-5-16-50-31(48)33(14-7-15-33)30(47)40-32-38-26-25(28(44)39-32)36-22(19-35-26)18-34-21-10-8-20(9-11-21)27(43)37-23(29(45)46)12-13-24(41)42/h8-11,19,23,34H,3-7,12-18H2,1-2H3,(H,37,43)(H,41,42)(H,45,46)(H2,35,38,39,40,44,47)/t23-/m0/s1. The fraction of sp³-hybridized carbons (Fsp3) is 0.485. The average Bonchev–Trinajstić information content (AvgIpc) is 3.10. The van der Waals surface area contributed by atoms with E-state index in [0.29, 0.717) is 30.6 Å². The molecule has 0 spiro atoms.